The molecule has 0 aromatic heterocycles. The van der Waals surface area contributed by atoms with Gasteiger partial charge < -0.3 is 10.4 Å². The van der Waals surface area contributed by atoms with Crippen LogP contribution in [0.3, 0.4) is 0 Å². The Hall–Kier alpha value is -1.18. The first-order valence-electron chi connectivity index (χ1n) is 11.0. The molecule has 1 aromatic rings. The Bertz CT molecular complexity index is 583. The third kappa shape index (κ3) is 4.21. The molecule has 0 amide bonds. The Morgan fingerprint density at radius 3 is 2.69 bits per heavy atom. The van der Waals surface area contributed by atoms with Crippen LogP contribution >= 0.6 is 0 Å². The number of phenolic OH excluding ortho intramolecular Hbond substituents is 1. The Balaban J connectivity index is 1.65. The number of rotatable bonds is 7. The molecule has 5 atom stereocenters. The monoisotopic (exact) mass is 357 g/mol. The first-order chi connectivity index (χ1) is 12.4. The van der Waals surface area contributed by atoms with Crippen molar-refractivity contribution in [1.82, 2.24) is 0 Å². The van der Waals surface area contributed by atoms with E-state index in [-0.39, 0.29) is 0 Å². The van der Waals surface area contributed by atoms with Gasteiger partial charge in [0, 0.05) is 17.8 Å². The fraction of sp³-hybridized carbons (Fsp3) is 0.750. The van der Waals surface area contributed by atoms with Gasteiger partial charge in [-0.05, 0) is 66.9 Å². The predicted molar refractivity (Wildman–Crippen MR) is 112 cm³/mol. The number of hydrogen-bond donors (Lipinski definition) is 2. The Kier molecular flexibility index (Phi) is 6.20. The smallest absolute Gasteiger partial charge is 0.117 e. The van der Waals surface area contributed by atoms with E-state index in [0.717, 1.165) is 29.4 Å². The van der Waals surface area contributed by atoms with Crippen LogP contribution in [-0.2, 0) is 0 Å². The lowest BCUT2D eigenvalue weighted by atomic mass is 9.60. The molecule has 2 aliphatic carbocycles. The minimum atomic E-state index is 0.358. The number of phenols is 1. The van der Waals surface area contributed by atoms with Crippen LogP contribution in [0.4, 0.5) is 5.69 Å². The van der Waals surface area contributed by atoms with Crippen molar-refractivity contribution in [3.05, 3.63) is 24.3 Å². The quantitative estimate of drug-likeness (QED) is 0.559. The van der Waals surface area contributed by atoms with E-state index in [2.05, 4.69) is 39.1 Å². The summed E-state index contributed by atoms with van der Waals surface area (Å²) in [7, 11) is 0. The van der Waals surface area contributed by atoms with E-state index in [1.807, 2.05) is 12.1 Å². The molecule has 2 nitrogen and oxygen atoms in total. The first-order valence-corrected chi connectivity index (χ1v) is 11.0. The lowest BCUT2D eigenvalue weighted by molar-refractivity contribution is 0.0584. The van der Waals surface area contributed by atoms with Gasteiger partial charge in [-0.1, -0.05) is 59.4 Å². The van der Waals surface area contributed by atoms with E-state index in [1.54, 1.807) is 6.07 Å². The fourth-order valence-corrected chi connectivity index (χ4v) is 6.20. The van der Waals surface area contributed by atoms with Crippen LogP contribution in [0.15, 0.2) is 24.3 Å². The molecule has 0 bridgehead atoms. The van der Waals surface area contributed by atoms with Gasteiger partial charge in [0.25, 0.3) is 0 Å². The molecule has 0 spiro atoms. The Morgan fingerprint density at radius 2 is 1.96 bits per heavy atom. The molecular formula is C24H39NO. The summed E-state index contributed by atoms with van der Waals surface area (Å²) in [5.41, 5.74) is 1.57. The molecule has 0 saturated heterocycles. The third-order valence-corrected chi connectivity index (χ3v) is 7.53. The van der Waals surface area contributed by atoms with Crippen molar-refractivity contribution in [2.75, 3.05) is 5.32 Å². The van der Waals surface area contributed by atoms with Gasteiger partial charge in [-0.15, -0.1) is 0 Å². The van der Waals surface area contributed by atoms with Crippen molar-refractivity contribution in [3.63, 3.8) is 0 Å². The number of anilines is 1. The lowest BCUT2D eigenvalue weighted by Crippen LogP contribution is -2.44. The van der Waals surface area contributed by atoms with Gasteiger partial charge in [-0.2, -0.15) is 0 Å². The zero-order chi connectivity index (χ0) is 18.7. The molecule has 0 radical (unpaired) electrons. The van der Waals surface area contributed by atoms with Crippen LogP contribution < -0.4 is 5.32 Å². The van der Waals surface area contributed by atoms with Crippen molar-refractivity contribution in [2.24, 2.45) is 29.1 Å². The second-order valence-electron chi connectivity index (χ2n) is 9.79. The highest BCUT2D eigenvalue weighted by Gasteiger charge is 2.52. The SMILES string of the molecule is CC(C)CCC[C@@H](C)[C@H]1CC[C@H]2[C@@H](Nc3cccc(O)c3)CCC[C@]12C. The summed E-state index contributed by atoms with van der Waals surface area (Å²) >= 11 is 0. The normalized spacial score (nSPS) is 32.4. The maximum atomic E-state index is 9.78. The van der Waals surface area contributed by atoms with Crippen LogP contribution in [-0.4, -0.2) is 11.1 Å². The molecule has 2 saturated carbocycles. The van der Waals surface area contributed by atoms with Crippen LogP contribution in [0.25, 0.3) is 0 Å². The Labute approximate surface area is 160 Å². The number of fused-ring (bicyclic) bond motifs is 1. The summed E-state index contributed by atoms with van der Waals surface area (Å²) in [6.07, 6.45) is 10.9. The van der Waals surface area contributed by atoms with Gasteiger partial charge >= 0.3 is 0 Å². The van der Waals surface area contributed by atoms with Gasteiger partial charge in [0.05, 0.1) is 0 Å². The van der Waals surface area contributed by atoms with Gasteiger partial charge in [-0.25, -0.2) is 0 Å². The van der Waals surface area contributed by atoms with Crippen molar-refractivity contribution in [1.29, 1.82) is 0 Å². The van der Waals surface area contributed by atoms with Crippen molar-refractivity contribution < 1.29 is 5.11 Å². The maximum absolute atomic E-state index is 9.78. The molecule has 26 heavy (non-hydrogen) atoms. The third-order valence-electron chi connectivity index (χ3n) is 7.53. The van der Waals surface area contributed by atoms with E-state index in [9.17, 15) is 5.11 Å². The minimum Gasteiger partial charge on any atom is -0.508 e. The number of aromatic hydroxyl groups is 1. The molecule has 2 aliphatic rings. The fourth-order valence-electron chi connectivity index (χ4n) is 6.20. The number of benzene rings is 1. The molecule has 2 fully saturated rings. The van der Waals surface area contributed by atoms with Crippen molar-refractivity contribution in [3.8, 4) is 5.75 Å². The van der Waals surface area contributed by atoms with Gasteiger partial charge in [0.15, 0.2) is 0 Å². The molecular weight excluding hydrogens is 318 g/mol. The van der Waals surface area contributed by atoms with Crippen LogP contribution in [0.1, 0.15) is 79.1 Å². The van der Waals surface area contributed by atoms with E-state index < -0.39 is 0 Å². The molecule has 2 N–H and O–H groups in total. The largest absolute Gasteiger partial charge is 0.508 e. The second kappa shape index (κ2) is 8.23. The van der Waals surface area contributed by atoms with Gasteiger partial charge in [-0.3, -0.25) is 0 Å². The molecule has 0 aliphatic heterocycles. The maximum Gasteiger partial charge on any atom is 0.117 e. The van der Waals surface area contributed by atoms with E-state index in [1.165, 1.54) is 51.4 Å². The highest BCUT2D eigenvalue weighted by atomic mass is 16.3. The zero-order valence-corrected chi connectivity index (χ0v) is 17.3. The molecule has 0 unspecified atom stereocenters. The van der Waals surface area contributed by atoms with Gasteiger partial charge in [0.2, 0.25) is 0 Å². The van der Waals surface area contributed by atoms with Crippen LogP contribution in [0.5, 0.6) is 5.75 Å². The molecule has 0 heterocycles. The zero-order valence-electron chi connectivity index (χ0n) is 17.3. The second-order valence-corrected chi connectivity index (χ2v) is 9.79. The average Bonchev–Trinajstić information content (AvgIpc) is 2.92. The Morgan fingerprint density at radius 1 is 1.15 bits per heavy atom. The summed E-state index contributed by atoms with van der Waals surface area (Å²) < 4.78 is 0. The standard InChI is InChI=1S/C24H39NO/c1-17(2)8-5-9-18(3)21-13-14-22-23(12-7-15-24(21,22)4)25-19-10-6-11-20(26)16-19/h6,10-11,16-18,21-23,25-26H,5,7-9,12-15H2,1-4H3/t18-,21-,22+,23+,24-/m1/s1. The molecule has 1 aromatic carbocycles. The molecule has 146 valence electrons. The summed E-state index contributed by atoms with van der Waals surface area (Å²) in [5, 5.41) is 13.6. The van der Waals surface area contributed by atoms with Crippen LogP contribution in [0.2, 0.25) is 0 Å². The van der Waals surface area contributed by atoms with Crippen molar-refractivity contribution in [2.45, 2.75) is 85.1 Å². The van der Waals surface area contributed by atoms with Gasteiger partial charge in [0.1, 0.15) is 5.75 Å². The average molecular weight is 358 g/mol. The summed E-state index contributed by atoms with van der Waals surface area (Å²) in [6.45, 7) is 9.79. The van der Waals surface area contributed by atoms with E-state index in [0.29, 0.717) is 17.2 Å². The lowest BCUT2D eigenvalue weighted by Gasteiger charge is -2.47. The number of hydrogen-bond acceptors (Lipinski definition) is 2. The van der Waals surface area contributed by atoms with Crippen molar-refractivity contribution >= 4 is 5.69 Å². The topological polar surface area (TPSA) is 32.3 Å². The molecule has 2 heteroatoms. The van der Waals surface area contributed by atoms with E-state index in [4.69, 9.17) is 0 Å². The highest BCUT2D eigenvalue weighted by Crippen LogP contribution is 2.58. The number of nitrogens with one attached hydrogen (secondary N) is 1. The summed E-state index contributed by atoms with van der Waals surface area (Å²) in [5.74, 6) is 3.70. The van der Waals surface area contributed by atoms with Crippen LogP contribution in [0, 0.1) is 29.1 Å². The minimum absolute atomic E-state index is 0.358. The summed E-state index contributed by atoms with van der Waals surface area (Å²) in [6, 6.07) is 8.21. The predicted octanol–water partition coefficient (Wildman–Crippen LogP) is 6.85. The molecule has 3 rings (SSSR count). The van der Waals surface area contributed by atoms with E-state index >= 15 is 0 Å². The summed E-state index contributed by atoms with van der Waals surface area (Å²) in [4.78, 5) is 0. The first kappa shape index (κ1) is 19.6. The highest BCUT2D eigenvalue weighted by molar-refractivity contribution is 5.48.